The van der Waals surface area contributed by atoms with Gasteiger partial charge in [-0.1, -0.05) is 50.2 Å². The zero-order valence-electron chi connectivity index (χ0n) is 42.1. The molecule has 4 aromatic heterocycles. The highest BCUT2D eigenvalue weighted by atomic mass is 32.1. The molecule has 384 valence electrons. The number of nitrogen functional groups attached to an aromatic ring is 1. The van der Waals surface area contributed by atoms with Crippen LogP contribution in [0.5, 0.6) is 17.5 Å². The zero-order valence-corrected chi connectivity index (χ0v) is 42.9. The van der Waals surface area contributed by atoms with Gasteiger partial charge in [0.05, 0.1) is 27.5 Å². The number of anilines is 3. The Bertz CT molecular complexity index is 2850. The number of aromatic hydroxyl groups is 1. The summed E-state index contributed by atoms with van der Waals surface area (Å²) >= 11 is 1.61. The van der Waals surface area contributed by atoms with Crippen LogP contribution in [0.3, 0.4) is 0 Å². The van der Waals surface area contributed by atoms with E-state index in [0.717, 1.165) is 98.1 Å². The molecule has 4 aliphatic heterocycles. The minimum absolute atomic E-state index is 0.0861. The Balaban J connectivity index is 0.655. The Morgan fingerprint density at radius 3 is 2.44 bits per heavy atom. The molecule has 6 aromatic rings. The SMILES string of the molecule is Cc1ncsc1-c1ccc(CNC(=O)[C@@H]2CCCN2C(=O)C(c2cc(OCCN3CCN(CCOc4cc(N5C6CCC5CN(c5cc(-c7ccccc7O)nnc5N)C6)ccn4)[C@H](C)C3)no2)C(C)C)cc1. The standard InChI is InChI=1S/C54H66N12O6S/c1-34(2)50(54(69)65-19-7-9-44(65)53(68)57-29-37-11-13-38(14-12-37)51-36(4)58-33-73-51)47-28-49(61-72-47)71-24-22-62-20-21-63(35(3)30-62)23-25-70-48-26-39(17-18-56-48)66-40-15-16-41(66)32-64(31-40)45-27-43(59-60-52(45)55)42-8-5-6-10-46(42)67/h5-6,8,10-14,17-18,26-28,33-35,40-41,44,50,67H,7,9,15-16,19-25,29-32H2,1-4H3,(H2,55,60)(H,57,68)/t35-,40?,41?,44+,50?/m1/s1. The highest BCUT2D eigenvalue weighted by molar-refractivity contribution is 7.13. The monoisotopic (exact) mass is 1010 g/mol. The van der Waals surface area contributed by atoms with Gasteiger partial charge in [-0.2, -0.15) is 0 Å². The fourth-order valence-electron chi connectivity index (χ4n) is 11.1. The number of likely N-dealkylation sites (tertiary alicyclic amines) is 1. The third kappa shape index (κ3) is 11.1. The first kappa shape index (κ1) is 49.7. The number of para-hydroxylation sites is 1. The van der Waals surface area contributed by atoms with E-state index in [1.807, 2.05) is 62.8 Å². The maximum absolute atomic E-state index is 14.2. The molecule has 0 spiro atoms. The van der Waals surface area contributed by atoms with E-state index < -0.39 is 12.0 Å². The van der Waals surface area contributed by atoms with Crippen LogP contribution >= 0.6 is 11.3 Å². The third-order valence-electron chi connectivity index (χ3n) is 15.0. The van der Waals surface area contributed by atoms with E-state index in [1.165, 1.54) is 0 Å². The summed E-state index contributed by atoms with van der Waals surface area (Å²) < 4.78 is 18.1. The summed E-state index contributed by atoms with van der Waals surface area (Å²) in [6.07, 6.45) is 5.34. The number of hydrogen-bond acceptors (Lipinski definition) is 17. The molecular formula is C54H66N12O6S. The number of nitrogens with one attached hydrogen (secondary N) is 1. The number of amides is 2. The molecule has 4 N–H and O–H groups in total. The number of nitrogens with zero attached hydrogens (tertiary/aromatic N) is 10. The molecule has 0 aliphatic carbocycles. The van der Waals surface area contributed by atoms with Gasteiger partial charge in [0, 0.05) is 107 Å². The molecule has 2 aromatic carbocycles. The van der Waals surface area contributed by atoms with Gasteiger partial charge in [0.2, 0.25) is 17.7 Å². The van der Waals surface area contributed by atoms with E-state index in [1.54, 1.807) is 34.4 Å². The second-order valence-corrected chi connectivity index (χ2v) is 21.0. The summed E-state index contributed by atoms with van der Waals surface area (Å²) in [5.74, 6) is 1.000. The number of nitrogens with two attached hydrogens (primary N) is 1. The van der Waals surface area contributed by atoms with E-state index in [0.29, 0.717) is 73.4 Å². The van der Waals surface area contributed by atoms with E-state index in [9.17, 15) is 14.7 Å². The highest BCUT2D eigenvalue weighted by Crippen LogP contribution is 2.40. The maximum Gasteiger partial charge on any atom is 0.254 e. The summed E-state index contributed by atoms with van der Waals surface area (Å²) in [5, 5.41) is 26.3. The topological polar surface area (TPSA) is 205 Å². The molecule has 5 atom stereocenters. The number of fused-ring (bicyclic) bond motifs is 2. The number of aromatic nitrogens is 5. The number of phenols is 1. The molecule has 4 fully saturated rings. The summed E-state index contributed by atoms with van der Waals surface area (Å²) in [6.45, 7) is 15.9. The number of hydrogen-bond donors (Lipinski definition) is 3. The highest BCUT2D eigenvalue weighted by Gasteiger charge is 2.42. The molecule has 2 bridgehead atoms. The van der Waals surface area contributed by atoms with Crippen molar-refractivity contribution in [1.29, 1.82) is 0 Å². The first-order valence-corrected chi connectivity index (χ1v) is 26.5. The average molecular weight is 1010 g/mol. The fourth-order valence-corrected chi connectivity index (χ4v) is 12.0. The number of ether oxygens (including phenoxy) is 2. The van der Waals surface area contributed by atoms with Gasteiger partial charge in [-0.05, 0) is 86.0 Å². The Morgan fingerprint density at radius 2 is 1.68 bits per heavy atom. The van der Waals surface area contributed by atoms with Crippen LogP contribution in [-0.4, -0.2) is 147 Å². The lowest BCUT2D eigenvalue weighted by molar-refractivity contribution is -0.140. The first-order valence-electron chi connectivity index (χ1n) is 25.6. The lowest BCUT2D eigenvalue weighted by Crippen LogP contribution is -2.54. The van der Waals surface area contributed by atoms with Crippen LogP contribution in [-0.2, 0) is 16.1 Å². The van der Waals surface area contributed by atoms with Crippen LogP contribution in [0, 0.1) is 12.8 Å². The average Bonchev–Trinajstić information content (AvgIpc) is 4.22. The predicted molar refractivity (Wildman–Crippen MR) is 281 cm³/mol. The van der Waals surface area contributed by atoms with Crippen molar-refractivity contribution in [2.45, 2.75) is 90.0 Å². The summed E-state index contributed by atoms with van der Waals surface area (Å²) in [6, 6.07) is 23.5. The van der Waals surface area contributed by atoms with Gasteiger partial charge in [-0.3, -0.25) is 19.4 Å². The Labute approximate surface area is 430 Å². The number of phenolic OH excluding ortho intramolecular Hbond substituents is 1. The molecule has 10 rings (SSSR count). The lowest BCUT2D eigenvalue weighted by atomic mass is 9.91. The summed E-state index contributed by atoms with van der Waals surface area (Å²) in [4.78, 5) is 49.1. The molecule has 4 aliphatic rings. The molecule has 2 amide bonds. The number of pyridine rings is 1. The molecule has 0 saturated carbocycles. The van der Waals surface area contributed by atoms with Crippen molar-refractivity contribution in [3.8, 4) is 39.2 Å². The van der Waals surface area contributed by atoms with E-state index in [4.69, 9.17) is 19.7 Å². The number of carbonyl (C=O) groups excluding carboxylic acids is 2. The second kappa shape index (κ2) is 22.1. The molecule has 19 heteroatoms. The van der Waals surface area contributed by atoms with Crippen molar-refractivity contribution in [2.75, 3.05) is 81.1 Å². The van der Waals surface area contributed by atoms with E-state index in [2.05, 4.69) is 81.4 Å². The molecular weight excluding hydrogens is 945 g/mol. The van der Waals surface area contributed by atoms with Crippen LogP contribution in [0.15, 0.2) is 89.0 Å². The minimum Gasteiger partial charge on any atom is -0.507 e. The summed E-state index contributed by atoms with van der Waals surface area (Å²) in [7, 11) is 0. The van der Waals surface area contributed by atoms with Crippen molar-refractivity contribution >= 4 is 40.3 Å². The number of piperazine rings is 2. The Hall–Kier alpha value is -6.83. The van der Waals surface area contributed by atoms with Crippen molar-refractivity contribution in [3.63, 3.8) is 0 Å². The van der Waals surface area contributed by atoms with Crippen LogP contribution in [0.1, 0.15) is 69.4 Å². The number of aryl methyl sites for hydroxylation is 1. The van der Waals surface area contributed by atoms with Crippen molar-refractivity contribution in [3.05, 3.63) is 102 Å². The number of thiazole rings is 1. The minimum atomic E-state index is -0.597. The lowest BCUT2D eigenvalue weighted by Gasteiger charge is -2.43. The Kier molecular flexibility index (Phi) is 15.1. The molecule has 0 radical (unpaired) electrons. The molecule has 18 nitrogen and oxygen atoms in total. The van der Waals surface area contributed by atoms with Gasteiger partial charge in [0.25, 0.3) is 5.88 Å². The van der Waals surface area contributed by atoms with Gasteiger partial charge in [0.15, 0.2) is 11.6 Å². The molecule has 3 unspecified atom stereocenters. The van der Waals surface area contributed by atoms with Gasteiger partial charge >= 0.3 is 0 Å². The van der Waals surface area contributed by atoms with Crippen LogP contribution in [0.4, 0.5) is 17.2 Å². The fraction of sp³-hybridized carbons (Fsp3) is 0.463. The van der Waals surface area contributed by atoms with Crippen molar-refractivity contribution in [2.24, 2.45) is 5.92 Å². The third-order valence-corrected chi connectivity index (χ3v) is 15.9. The summed E-state index contributed by atoms with van der Waals surface area (Å²) in [5.41, 5.74) is 14.5. The van der Waals surface area contributed by atoms with Crippen LogP contribution < -0.4 is 30.3 Å². The number of rotatable bonds is 18. The second-order valence-electron chi connectivity index (χ2n) is 20.1. The first-order chi connectivity index (χ1) is 35.5. The quantitative estimate of drug-likeness (QED) is 0.0828. The van der Waals surface area contributed by atoms with Crippen molar-refractivity contribution in [1.82, 2.24) is 45.3 Å². The van der Waals surface area contributed by atoms with Gasteiger partial charge in [-0.15, -0.1) is 21.5 Å². The van der Waals surface area contributed by atoms with Gasteiger partial charge < -0.3 is 44.9 Å². The molecule has 73 heavy (non-hydrogen) atoms. The predicted octanol–water partition coefficient (Wildman–Crippen LogP) is 6.61. The van der Waals surface area contributed by atoms with Crippen molar-refractivity contribution < 1.29 is 28.7 Å². The largest absolute Gasteiger partial charge is 0.507 e. The van der Waals surface area contributed by atoms with Gasteiger partial charge in [0.1, 0.15) is 30.9 Å². The molecule has 4 saturated heterocycles. The normalized spacial score (nSPS) is 20.7. The Morgan fingerprint density at radius 1 is 0.904 bits per heavy atom. The number of benzene rings is 2. The van der Waals surface area contributed by atoms with Crippen LogP contribution in [0.25, 0.3) is 21.7 Å². The zero-order chi connectivity index (χ0) is 50.6. The van der Waals surface area contributed by atoms with Gasteiger partial charge in [-0.25, -0.2) is 9.97 Å². The number of carbonyl (C=O) groups is 2. The smallest absolute Gasteiger partial charge is 0.254 e. The molecule has 8 heterocycles. The van der Waals surface area contributed by atoms with E-state index >= 15 is 0 Å². The van der Waals surface area contributed by atoms with Crippen LogP contribution in [0.2, 0.25) is 0 Å². The maximum atomic E-state index is 14.2. The van der Waals surface area contributed by atoms with E-state index in [-0.39, 0.29) is 35.6 Å².